The molecule has 0 spiro atoms. The summed E-state index contributed by atoms with van der Waals surface area (Å²) in [5.41, 5.74) is -0.0463. The molecule has 0 aliphatic rings. The van der Waals surface area contributed by atoms with Crippen LogP contribution in [0.3, 0.4) is 0 Å². The van der Waals surface area contributed by atoms with Crippen molar-refractivity contribution in [3.63, 3.8) is 0 Å². The van der Waals surface area contributed by atoms with Crippen LogP contribution < -0.4 is 0 Å². The predicted octanol–water partition coefficient (Wildman–Crippen LogP) is 0.479. The van der Waals surface area contributed by atoms with Crippen LogP contribution in [0.2, 0.25) is 0 Å². The lowest BCUT2D eigenvalue weighted by Gasteiger charge is -1.86. The first kappa shape index (κ1) is 5.64. The highest BCUT2D eigenvalue weighted by molar-refractivity contribution is 7.47. The Hall–Kier alpha value is 0.640. The quantitative estimate of drug-likeness (QED) is 0.385. The van der Waals surface area contributed by atoms with Crippen molar-refractivity contribution in [1.29, 1.82) is 0 Å². The second kappa shape index (κ2) is 2.86. The molecule has 0 atom stereocenters. The summed E-state index contributed by atoms with van der Waals surface area (Å²) in [6.07, 6.45) is 0. The van der Waals surface area contributed by atoms with E-state index in [2.05, 4.69) is 0 Å². The van der Waals surface area contributed by atoms with Gasteiger partial charge in [0, 0.05) is 0 Å². The van der Waals surface area contributed by atoms with Gasteiger partial charge in [0.25, 0.3) is 0 Å². The zero-order valence-electron chi connectivity index (χ0n) is 2.43. The minimum atomic E-state index is -1.83. The lowest BCUT2D eigenvalue weighted by atomic mass is 11.9. The van der Waals surface area contributed by atoms with E-state index in [1.807, 2.05) is 0 Å². The third-order valence-electron chi connectivity index (χ3n) is 0.107. The van der Waals surface area contributed by atoms with Crippen LogP contribution in [0.25, 0.3) is 0 Å². The molecule has 0 aromatic carbocycles. The number of hydrogen-bond donors (Lipinski definition) is 2. The Morgan fingerprint density at radius 3 is 1.80 bits per heavy atom. The molecule has 2 N–H and O–H groups in total. The standard InChI is InChI=1S/CH4ClO2P/c2-1-5(3)4/h3-4H,1H2. The second-order valence-corrected chi connectivity index (χ2v) is 2.19. The molecule has 0 aliphatic carbocycles. The van der Waals surface area contributed by atoms with Crippen LogP contribution in [0.4, 0.5) is 0 Å². The molecule has 5 heavy (non-hydrogen) atoms. The van der Waals surface area contributed by atoms with Gasteiger partial charge in [0.05, 0.1) is 5.62 Å². The number of hydrogen-bond acceptors (Lipinski definition) is 2. The fourth-order valence-electron chi connectivity index (χ4n) is 0. The van der Waals surface area contributed by atoms with E-state index in [1.54, 1.807) is 0 Å². The van der Waals surface area contributed by atoms with Crippen LogP contribution in [0.1, 0.15) is 0 Å². The molecule has 0 radical (unpaired) electrons. The van der Waals surface area contributed by atoms with Crippen molar-refractivity contribution in [2.24, 2.45) is 0 Å². The van der Waals surface area contributed by atoms with E-state index >= 15 is 0 Å². The monoisotopic (exact) mass is 114 g/mol. The van der Waals surface area contributed by atoms with Crippen LogP contribution in [0.5, 0.6) is 0 Å². The van der Waals surface area contributed by atoms with Crippen molar-refractivity contribution in [3.8, 4) is 0 Å². The van der Waals surface area contributed by atoms with Gasteiger partial charge in [-0.25, -0.2) is 0 Å². The van der Waals surface area contributed by atoms with Gasteiger partial charge in [0.2, 0.25) is 0 Å². The Balaban J connectivity index is 2.54. The number of alkyl halides is 1. The van der Waals surface area contributed by atoms with Gasteiger partial charge in [-0.05, 0) is 0 Å². The zero-order chi connectivity index (χ0) is 4.28. The molecule has 0 aromatic rings. The first-order valence-electron chi connectivity index (χ1n) is 0.983. The van der Waals surface area contributed by atoms with Gasteiger partial charge in [-0.1, -0.05) is 0 Å². The van der Waals surface area contributed by atoms with Crippen molar-refractivity contribution in [1.82, 2.24) is 0 Å². The Kier molecular flexibility index (Phi) is 3.22. The van der Waals surface area contributed by atoms with Crippen LogP contribution >= 0.6 is 20.0 Å². The van der Waals surface area contributed by atoms with Crippen molar-refractivity contribution in [2.75, 3.05) is 5.62 Å². The minimum absolute atomic E-state index is 0.0463. The third-order valence-corrected chi connectivity index (χ3v) is 0.962. The summed E-state index contributed by atoms with van der Waals surface area (Å²) in [4.78, 5) is 15.7. The van der Waals surface area contributed by atoms with Crippen molar-refractivity contribution in [3.05, 3.63) is 0 Å². The Morgan fingerprint density at radius 1 is 1.60 bits per heavy atom. The average molecular weight is 114 g/mol. The summed E-state index contributed by atoms with van der Waals surface area (Å²) < 4.78 is 0. The maximum Gasteiger partial charge on any atom is 0.180 e. The van der Waals surface area contributed by atoms with Crippen LogP contribution in [-0.4, -0.2) is 15.4 Å². The molecule has 0 bridgehead atoms. The average Bonchev–Trinajstić information content (AvgIpc) is 1.38. The molecular weight excluding hydrogens is 110 g/mol. The fourth-order valence-corrected chi connectivity index (χ4v) is 0. The smallest absolute Gasteiger partial charge is 0.180 e. The molecule has 0 saturated heterocycles. The highest BCUT2D eigenvalue weighted by Gasteiger charge is 1.87. The molecule has 4 heteroatoms. The van der Waals surface area contributed by atoms with E-state index < -0.39 is 8.38 Å². The minimum Gasteiger partial charge on any atom is -0.349 e. The van der Waals surface area contributed by atoms with E-state index in [0.29, 0.717) is 0 Å². The van der Waals surface area contributed by atoms with Crippen LogP contribution in [0, 0.1) is 0 Å². The first-order valence-corrected chi connectivity index (χ1v) is 2.95. The summed E-state index contributed by atoms with van der Waals surface area (Å²) in [6, 6.07) is 0. The Morgan fingerprint density at radius 2 is 1.80 bits per heavy atom. The summed E-state index contributed by atoms with van der Waals surface area (Å²) in [5.74, 6) is 0. The first-order chi connectivity index (χ1) is 2.27. The van der Waals surface area contributed by atoms with E-state index in [9.17, 15) is 0 Å². The van der Waals surface area contributed by atoms with E-state index in [0.717, 1.165) is 0 Å². The van der Waals surface area contributed by atoms with E-state index in [1.165, 1.54) is 0 Å². The summed E-state index contributed by atoms with van der Waals surface area (Å²) in [6.45, 7) is 0. The van der Waals surface area contributed by atoms with Gasteiger partial charge in [0.15, 0.2) is 8.38 Å². The SMILES string of the molecule is OP(O)CCl. The maximum absolute atomic E-state index is 7.85. The van der Waals surface area contributed by atoms with Gasteiger partial charge in [-0.3, -0.25) is 0 Å². The maximum atomic E-state index is 7.85. The van der Waals surface area contributed by atoms with Gasteiger partial charge < -0.3 is 9.79 Å². The largest absolute Gasteiger partial charge is 0.349 e. The summed E-state index contributed by atoms with van der Waals surface area (Å²) in [5, 5.41) is 0. The third kappa shape index (κ3) is 4.64. The normalized spacial score (nSPS) is 9.60. The highest BCUT2D eigenvalue weighted by Crippen LogP contribution is 2.22. The zero-order valence-corrected chi connectivity index (χ0v) is 4.08. The van der Waals surface area contributed by atoms with Gasteiger partial charge >= 0.3 is 0 Å². The van der Waals surface area contributed by atoms with E-state index in [-0.39, 0.29) is 5.62 Å². The van der Waals surface area contributed by atoms with Crippen molar-refractivity contribution in [2.45, 2.75) is 0 Å². The molecule has 2 nitrogen and oxygen atoms in total. The molecule has 32 valence electrons. The molecular formula is CH4ClO2P. The molecule has 0 unspecified atom stereocenters. The summed E-state index contributed by atoms with van der Waals surface area (Å²) in [7, 11) is -1.83. The van der Waals surface area contributed by atoms with Crippen LogP contribution in [0.15, 0.2) is 0 Å². The Bertz CT molecular complexity index is 23.6. The van der Waals surface area contributed by atoms with Gasteiger partial charge in [0.1, 0.15) is 0 Å². The molecule has 0 fully saturated rings. The lowest BCUT2D eigenvalue weighted by Crippen LogP contribution is -1.63. The van der Waals surface area contributed by atoms with Gasteiger partial charge in [-0.15, -0.1) is 11.6 Å². The number of halogens is 1. The fraction of sp³-hybridized carbons (Fsp3) is 1.00. The summed E-state index contributed by atoms with van der Waals surface area (Å²) >= 11 is 4.87. The molecule has 0 aliphatic heterocycles. The molecule has 0 aromatic heterocycles. The highest BCUT2D eigenvalue weighted by atomic mass is 35.5. The molecule has 0 heterocycles. The topological polar surface area (TPSA) is 40.5 Å². The number of rotatable bonds is 1. The van der Waals surface area contributed by atoms with Gasteiger partial charge in [-0.2, -0.15) is 0 Å². The molecule has 0 amide bonds. The van der Waals surface area contributed by atoms with Crippen LogP contribution in [-0.2, 0) is 0 Å². The molecule has 0 rings (SSSR count). The lowest BCUT2D eigenvalue weighted by molar-refractivity contribution is 0.489. The Labute approximate surface area is 36.3 Å². The van der Waals surface area contributed by atoms with E-state index in [4.69, 9.17) is 21.4 Å². The van der Waals surface area contributed by atoms with Crippen molar-refractivity contribution < 1.29 is 9.79 Å². The predicted molar refractivity (Wildman–Crippen MR) is 22.1 cm³/mol. The molecule has 0 saturated carbocycles. The second-order valence-electron chi connectivity index (χ2n) is 0.492. The van der Waals surface area contributed by atoms with Crippen molar-refractivity contribution >= 4 is 20.0 Å².